The Balaban J connectivity index is 1.95. The van der Waals surface area contributed by atoms with E-state index in [1.807, 2.05) is 6.92 Å². The molecule has 0 saturated heterocycles. The van der Waals surface area contributed by atoms with Crippen LogP contribution in [0.2, 0.25) is 0 Å². The molecule has 1 amide bonds. The number of esters is 1. The van der Waals surface area contributed by atoms with Crippen LogP contribution in [-0.4, -0.2) is 38.7 Å². The second kappa shape index (κ2) is 8.02. The van der Waals surface area contributed by atoms with E-state index in [0.29, 0.717) is 23.7 Å². The van der Waals surface area contributed by atoms with Gasteiger partial charge >= 0.3 is 5.97 Å². The van der Waals surface area contributed by atoms with Gasteiger partial charge in [-0.1, -0.05) is 19.4 Å². The largest absolute Gasteiger partial charge is 0.462 e. The molecule has 1 N–H and O–H groups in total. The summed E-state index contributed by atoms with van der Waals surface area (Å²) in [6.45, 7) is 2.42. The van der Waals surface area contributed by atoms with Crippen molar-refractivity contribution in [1.29, 1.82) is 0 Å². The first-order chi connectivity index (χ1) is 11.1. The number of ether oxygens (including phenoxy) is 1. The summed E-state index contributed by atoms with van der Waals surface area (Å²) in [5.74, 6) is -0.205. The minimum absolute atomic E-state index is 0.0503. The molecule has 122 valence electrons. The summed E-state index contributed by atoms with van der Waals surface area (Å²) in [6.07, 6.45) is 1.84. The molecular weight excluding hydrogens is 298 g/mol. The number of aryl methyl sites for hydroxylation is 1. The zero-order valence-electron chi connectivity index (χ0n) is 13.2. The second-order valence-corrected chi connectivity index (χ2v) is 5.01. The summed E-state index contributed by atoms with van der Waals surface area (Å²) in [5.41, 5.74) is 0.925. The highest BCUT2D eigenvalue weighted by Gasteiger charge is 2.11. The molecule has 2 rings (SSSR count). The first-order valence-corrected chi connectivity index (χ1v) is 7.38. The van der Waals surface area contributed by atoms with Crippen molar-refractivity contribution in [2.75, 3.05) is 11.9 Å². The van der Waals surface area contributed by atoms with E-state index in [0.717, 1.165) is 12.8 Å². The Hall–Kier alpha value is -2.77. The fourth-order valence-electron chi connectivity index (χ4n) is 1.86. The summed E-state index contributed by atoms with van der Waals surface area (Å²) >= 11 is 0. The number of hydrogen-bond donors (Lipinski definition) is 1. The Morgan fingerprint density at radius 1 is 1.35 bits per heavy atom. The molecule has 0 aliphatic heterocycles. The van der Waals surface area contributed by atoms with E-state index in [9.17, 15) is 9.59 Å². The average Bonchev–Trinajstić information content (AvgIpc) is 2.92. The summed E-state index contributed by atoms with van der Waals surface area (Å²) in [7, 11) is 1.66. The molecule has 2 aromatic rings. The molecule has 0 aliphatic rings. The van der Waals surface area contributed by atoms with Crippen molar-refractivity contribution in [2.45, 2.75) is 26.2 Å². The third-order valence-corrected chi connectivity index (χ3v) is 3.14. The van der Waals surface area contributed by atoms with Gasteiger partial charge in [0.15, 0.2) is 5.82 Å². The van der Waals surface area contributed by atoms with Crippen LogP contribution in [0.1, 0.15) is 35.9 Å². The molecule has 1 aromatic heterocycles. The molecule has 23 heavy (non-hydrogen) atoms. The lowest BCUT2D eigenvalue weighted by atomic mass is 10.2. The molecule has 0 saturated carbocycles. The van der Waals surface area contributed by atoms with Crippen molar-refractivity contribution in [1.82, 2.24) is 20.2 Å². The first kappa shape index (κ1) is 16.6. The maximum Gasteiger partial charge on any atom is 0.338 e. The van der Waals surface area contributed by atoms with Gasteiger partial charge in [-0.15, -0.1) is 5.10 Å². The molecule has 0 atom stereocenters. The predicted octanol–water partition coefficient (Wildman–Crippen LogP) is 1.35. The normalized spacial score (nSPS) is 10.3. The Bertz CT molecular complexity index is 683. The molecule has 8 heteroatoms. The Morgan fingerprint density at radius 2 is 2.17 bits per heavy atom. The van der Waals surface area contributed by atoms with Crippen LogP contribution in [0.15, 0.2) is 24.3 Å². The third-order valence-electron chi connectivity index (χ3n) is 3.14. The van der Waals surface area contributed by atoms with E-state index >= 15 is 0 Å². The van der Waals surface area contributed by atoms with Crippen LogP contribution in [0.4, 0.5) is 5.69 Å². The van der Waals surface area contributed by atoms with E-state index in [4.69, 9.17) is 4.74 Å². The fraction of sp³-hybridized carbons (Fsp3) is 0.400. The van der Waals surface area contributed by atoms with Gasteiger partial charge in [0.25, 0.3) is 0 Å². The van der Waals surface area contributed by atoms with Gasteiger partial charge in [0, 0.05) is 12.7 Å². The van der Waals surface area contributed by atoms with E-state index in [2.05, 4.69) is 20.8 Å². The number of amides is 1. The molecular formula is C15H19N5O3. The Morgan fingerprint density at radius 3 is 2.87 bits per heavy atom. The summed E-state index contributed by atoms with van der Waals surface area (Å²) < 4.78 is 6.58. The maximum absolute atomic E-state index is 12.0. The number of carbonyl (C=O) groups excluding carboxylic acids is 2. The molecule has 0 radical (unpaired) electrons. The highest BCUT2D eigenvalue weighted by atomic mass is 16.5. The standard InChI is InChI=1S/C15H19N5O3/c1-3-4-8-23-15(22)11-6-5-7-12(9-11)16-14(21)10-13-17-18-19-20(13)2/h5-7,9H,3-4,8,10H2,1-2H3,(H,16,21). The van der Waals surface area contributed by atoms with Crippen molar-refractivity contribution in [2.24, 2.45) is 7.05 Å². The topological polar surface area (TPSA) is 99.0 Å². The van der Waals surface area contributed by atoms with Gasteiger partial charge in [-0.2, -0.15) is 0 Å². The molecule has 0 aliphatic carbocycles. The van der Waals surface area contributed by atoms with Gasteiger partial charge in [0.05, 0.1) is 18.6 Å². The monoisotopic (exact) mass is 317 g/mol. The van der Waals surface area contributed by atoms with E-state index in [1.54, 1.807) is 31.3 Å². The zero-order chi connectivity index (χ0) is 16.7. The molecule has 0 bridgehead atoms. The number of nitrogens with zero attached hydrogens (tertiary/aromatic N) is 4. The minimum atomic E-state index is -0.396. The fourth-order valence-corrected chi connectivity index (χ4v) is 1.86. The van der Waals surface area contributed by atoms with Gasteiger partial charge in [-0.25, -0.2) is 9.48 Å². The van der Waals surface area contributed by atoms with Gasteiger partial charge in [0.2, 0.25) is 5.91 Å². The molecule has 1 heterocycles. The number of tetrazole rings is 1. The number of hydrogen-bond acceptors (Lipinski definition) is 6. The summed E-state index contributed by atoms with van der Waals surface area (Å²) in [6, 6.07) is 6.63. The van der Waals surface area contributed by atoms with Crippen molar-refractivity contribution in [3.8, 4) is 0 Å². The molecule has 0 unspecified atom stereocenters. The predicted molar refractivity (Wildman–Crippen MR) is 82.8 cm³/mol. The molecule has 0 spiro atoms. The number of unbranched alkanes of at least 4 members (excludes halogenated alkanes) is 1. The van der Waals surface area contributed by atoms with Gasteiger partial charge in [-0.05, 0) is 35.0 Å². The number of aromatic nitrogens is 4. The van der Waals surface area contributed by atoms with Crippen LogP contribution in [0, 0.1) is 0 Å². The van der Waals surface area contributed by atoms with E-state index < -0.39 is 5.97 Å². The average molecular weight is 317 g/mol. The van der Waals surface area contributed by atoms with Crippen LogP contribution < -0.4 is 5.32 Å². The lowest BCUT2D eigenvalue weighted by molar-refractivity contribution is -0.115. The van der Waals surface area contributed by atoms with Crippen molar-refractivity contribution < 1.29 is 14.3 Å². The molecule has 8 nitrogen and oxygen atoms in total. The Labute approximate surface area is 133 Å². The van der Waals surface area contributed by atoms with E-state index in [1.165, 1.54) is 4.68 Å². The SMILES string of the molecule is CCCCOC(=O)c1cccc(NC(=O)Cc2nnnn2C)c1. The van der Waals surface area contributed by atoms with Crippen molar-refractivity contribution in [3.63, 3.8) is 0 Å². The third kappa shape index (κ3) is 4.87. The van der Waals surface area contributed by atoms with Crippen molar-refractivity contribution in [3.05, 3.63) is 35.7 Å². The van der Waals surface area contributed by atoms with E-state index in [-0.39, 0.29) is 12.3 Å². The summed E-state index contributed by atoms with van der Waals surface area (Å²) in [4.78, 5) is 23.9. The lowest BCUT2D eigenvalue weighted by Gasteiger charge is -2.07. The van der Waals surface area contributed by atoms with Crippen LogP contribution in [0.5, 0.6) is 0 Å². The Kier molecular flexibility index (Phi) is 5.79. The number of anilines is 1. The molecule has 1 aromatic carbocycles. The molecule has 0 fully saturated rings. The minimum Gasteiger partial charge on any atom is -0.462 e. The zero-order valence-corrected chi connectivity index (χ0v) is 13.2. The number of rotatable bonds is 7. The highest BCUT2D eigenvalue weighted by molar-refractivity contribution is 5.95. The van der Waals surface area contributed by atoms with Crippen molar-refractivity contribution >= 4 is 17.6 Å². The lowest BCUT2D eigenvalue weighted by Crippen LogP contribution is -2.17. The van der Waals surface area contributed by atoms with Gasteiger partial charge < -0.3 is 10.1 Å². The van der Waals surface area contributed by atoms with Crippen LogP contribution in [0.3, 0.4) is 0 Å². The number of nitrogens with one attached hydrogen (secondary N) is 1. The summed E-state index contributed by atoms with van der Waals surface area (Å²) in [5, 5.41) is 13.6. The maximum atomic E-state index is 12.0. The number of carbonyl (C=O) groups is 2. The van der Waals surface area contributed by atoms with Gasteiger partial charge in [0.1, 0.15) is 0 Å². The second-order valence-electron chi connectivity index (χ2n) is 5.01. The van der Waals surface area contributed by atoms with Crippen LogP contribution in [0.25, 0.3) is 0 Å². The highest BCUT2D eigenvalue weighted by Crippen LogP contribution is 2.12. The van der Waals surface area contributed by atoms with Crippen LogP contribution in [-0.2, 0) is 23.0 Å². The first-order valence-electron chi connectivity index (χ1n) is 7.38. The number of benzene rings is 1. The quantitative estimate of drug-likeness (QED) is 0.611. The smallest absolute Gasteiger partial charge is 0.338 e. The van der Waals surface area contributed by atoms with Gasteiger partial charge in [-0.3, -0.25) is 4.79 Å². The van der Waals surface area contributed by atoms with Crippen LogP contribution >= 0.6 is 0 Å².